The third kappa shape index (κ3) is 3.09. The van der Waals surface area contributed by atoms with Crippen molar-refractivity contribution in [1.29, 1.82) is 0 Å². The van der Waals surface area contributed by atoms with Crippen molar-refractivity contribution in [1.82, 2.24) is 5.32 Å². The molecule has 0 radical (unpaired) electrons. The molecular formula is C14H20N2O2. The van der Waals surface area contributed by atoms with Gasteiger partial charge < -0.3 is 15.3 Å². The number of ketones is 1. The number of hydrogen-bond acceptors (Lipinski definition) is 4. The highest BCUT2D eigenvalue weighted by molar-refractivity contribution is 5.97. The average molecular weight is 248 g/mol. The van der Waals surface area contributed by atoms with Crippen molar-refractivity contribution in [3.8, 4) is 0 Å². The summed E-state index contributed by atoms with van der Waals surface area (Å²) >= 11 is 0. The van der Waals surface area contributed by atoms with E-state index in [0.717, 1.165) is 37.2 Å². The summed E-state index contributed by atoms with van der Waals surface area (Å²) in [6, 6.07) is 7.72. The molecule has 0 saturated carbocycles. The Kier molecular flexibility index (Phi) is 4.33. The van der Waals surface area contributed by atoms with Crippen molar-refractivity contribution < 1.29 is 9.90 Å². The summed E-state index contributed by atoms with van der Waals surface area (Å²) in [6.45, 7) is 2.13. The van der Waals surface area contributed by atoms with Gasteiger partial charge in [0.05, 0.1) is 12.6 Å². The van der Waals surface area contributed by atoms with Crippen molar-refractivity contribution in [2.45, 2.75) is 18.9 Å². The van der Waals surface area contributed by atoms with Crippen molar-refractivity contribution >= 4 is 11.5 Å². The standard InChI is InChI=1S/C14H20N2O2/c1-15-10-14(18)11-2-4-12(5-3-11)16-8-6-13(17)7-9-16/h2-5,13,15,17H,6-10H2,1H3. The molecule has 1 aromatic rings. The van der Waals surface area contributed by atoms with Gasteiger partial charge in [-0.3, -0.25) is 4.79 Å². The molecule has 4 heteroatoms. The number of hydrogen-bond donors (Lipinski definition) is 2. The number of nitrogens with zero attached hydrogens (tertiary/aromatic N) is 1. The fraction of sp³-hybridized carbons (Fsp3) is 0.500. The molecule has 0 aliphatic carbocycles. The largest absolute Gasteiger partial charge is 0.393 e. The molecule has 2 rings (SSSR count). The lowest BCUT2D eigenvalue weighted by molar-refractivity contribution is 0.0993. The SMILES string of the molecule is CNCC(=O)c1ccc(N2CCC(O)CC2)cc1. The smallest absolute Gasteiger partial charge is 0.176 e. The van der Waals surface area contributed by atoms with Gasteiger partial charge in [0.15, 0.2) is 5.78 Å². The number of carbonyl (C=O) groups is 1. The minimum absolute atomic E-state index is 0.109. The monoisotopic (exact) mass is 248 g/mol. The molecule has 98 valence electrons. The first-order valence-electron chi connectivity index (χ1n) is 6.41. The first-order chi connectivity index (χ1) is 8.70. The molecule has 0 amide bonds. The maximum Gasteiger partial charge on any atom is 0.176 e. The van der Waals surface area contributed by atoms with Crippen LogP contribution in [0.1, 0.15) is 23.2 Å². The van der Waals surface area contributed by atoms with E-state index in [9.17, 15) is 9.90 Å². The normalized spacial score (nSPS) is 16.9. The minimum Gasteiger partial charge on any atom is -0.393 e. The van der Waals surface area contributed by atoms with E-state index in [1.54, 1.807) is 7.05 Å². The van der Waals surface area contributed by atoms with E-state index >= 15 is 0 Å². The highest BCUT2D eigenvalue weighted by Crippen LogP contribution is 2.20. The van der Waals surface area contributed by atoms with Gasteiger partial charge in [-0.25, -0.2) is 0 Å². The van der Waals surface area contributed by atoms with Crippen LogP contribution in [0.5, 0.6) is 0 Å². The van der Waals surface area contributed by atoms with Crippen LogP contribution in [0.25, 0.3) is 0 Å². The molecule has 1 aliphatic heterocycles. The molecule has 1 aliphatic rings. The van der Waals surface area contributed by atoms with E-state index in [2.05, 4.69) is 10.2 Å². The van der Waals surface area contributed by atoms with Gasteiger partial charge >= 0.3 is 0 Å². The Hall–Kier alpha value is -1.39. The van der Waals surface area contributed by atoms with E-state index in [0.29, 0.717) is 6.54 Å². The zero-order valence-electron chi connectivity index (χ0n) is 10.7. The Labute approximate surface area is 108 Å². The summed E-state index contributed by atoms with van der Waals surface area (Å²) in [4.78, 5) is 13.9. The highest BCUT2D eigenvalue weighted by Gasteiger charge is 2.17. The Morgan fingerprint density at radius 3 is 2.50 bits per heavy atom. The Balaban J connectivity index is 2.01. The number of anilines is 1. The Morgan fingerprint density at radius 2 is 1.94 bits per heavy atom. The summed E-state index contributed by atoms with van der Waals surface area (Å²) in [5, 5.41) is 12.3. The van der Waals surface area contributed by atoms with Crippen LogP contribution in [0.2, 0.25) is 0 Å². The zero-order chi connectivity index (χ0) is 13.0. The fourth-order valence-corrected chi connectivity index (χ4v) is 2.24. The Bertz CT molecular complexity index is 395. The summed E-state index contributed by atoms with van der Waals surface area (Å²) in [7, 11) is 1.77. The molecule has 0 bridgehead atoms. The number of Topliss-reactive ketones (excluding diaryl/α,β-unsaturated/α-hetero) is 1. The molecule has 0 atom stereocenters. The summed E-state index contributed by atoms with van der Waals surface area (Å²) in [5.74, 6) is 0.109. The molecule has 1 fully saturated rings. The average Bonchev–Trinajstić information content (AvgIpc) is 2.40. The van der Waals surface area contributed by atoms with Crippen molar-refractivity contribution in [3.05, 3.63) is 29.8 Å². The van der Waals surface area contributed by atoms with Crippen LogP contribution in [0, 0.1) is 0 Å². The number of piperidine rings is 1. The summed E-state index contributed by atoms with van der Waals surface area (Å²) in [5.41, 5.74) is 1.87. The van der Waals surface area contributed by atoms with Gasteiger partial charge in [0.1, 0.15) is 0 Å². The van der Waals surface area contributed by atoms with Crippen LogP contribution in [0.15, 0.2) is 24.3 Å². The molecule has 0 aromatic heterocycles. The number of benzene rings is 1. The van der Waals surface area contributed by atoms with Crippen LogP contribution in [-0.4, -0.2) is 43.7 Å². The van der Waals surface area contributed by atoms with E-state index in [-0.39, 0.29) is 11.9 Å². The van der Waals surface area contributed by atoms with E-state index in [1.807, 2.05) is 24.3 Å². The van der Waals surface area contributed by atoms with Crippen LogP contribution in [-0.2, 0) is 0 Å². The predicted molar refractivity (Wildman–Crippen MR) is 72.2 cm³/mol. The third-order valence-electron chi connectivity index (χ3n) is 3.36. The second kappa shape index (κ2) is 5.98. The molecular weight excluding hydrogens is 228 g/mol. The molecule has 1 heterocycles. The molecule has 4 nitrogen and oxygen atoms in total. The van der Waals surface area contributed by atoms with Crippen LogP contribution in [0.4, 0.5) is 5.69 Å². The number of aliphatic hydroxyl groups excluding tert-OH is 1. The number of nitrogens with one attached hydrogen (secondary N) is 1. The summed E-state index contributed by atoms with van der Waals surface area (Å²) in [6.07, 6.45) is 1.48. The zero-order valence-corrected chi connectivity index (χ0v) is 10.7. The molecule has 2 N–H and O–H groups in total. The van der Waals surface area contributed by atoms with Gasteiger partial charge in [0, 0.05) is 24.3 Å². The Morgan fingerprint density at radius 1 is 1.33 bits per heavy atom. The number of likely N-dealkylation sites (N-methyl/N-ethyl adjacent to an activating group) is 1. The lowest BCUT2D eigenvalue weighted by atomic mass is 10.1. The molecule has 1 aromatic carbocycles. The van der Waals surface area contributed by atoms with Crippen LogP contribution >= 0.6 is 0 Å². The molecule has 0 unspecified atom stereocenters. The highest BCUT2D eigenvalue weighted by atomic mass is 16.3. The molecule has 1 saturated heterocycles. The third-order valence-corrected chi connectivity index (χ3v) is 3.36. The topological polar surface area (TPSA) is 52.6 Å². The molecule has 0 spiro atoms. The number of carbonyl (C=O) groups excluding carboxylic acids is 1. The van der Waals surface area contributed by atoms with Gasteiger partial charge in [-0.1, -0.05) is 0 Å². The lowest BCUT2D eigenvalue weighted by Crippen LogP contribution is -2.35. The van der Waals surface area contributed by atoms with E-state index in [4.69, 9.17) is 0 Å². The van der Waals surface area contributed by atoms with Crippen LogP contribution in [0.3, 0.4) is 0 Å². The van der Waals surface area contributed by atoms with Gasteiger partial charge in [-0.15, -0.1) is 0 Å². The maximum absolute atomic E-state index is 11.7. The first kappa shape index (κ1) is 13.1. The summed E-state index contributed by atoms with van der Waals surface area (Å²) < 4.78 is 0. The fourth-order valence-electron chi connectivity index (χ4n) is 2.24. The maximum atomic E-state index is 11.7. The molecule has 18 heavy (non-hydrogen) atoms. The minimum atomic E-state index is -0.155. The second-order valence-electron chi connectivity index (χ2n) is 4.72. The van der Waals surface area contributed by atoms with Crippen molar-refractivity contribution in [2.75, 3.05) is 31.6 Å². The van der Waals surface area contributed by atoms with Crippen molar-refractivity contribution in [2.24, 2.45) is 0 Å². The predicted octanol–water partition coefficient (Wildman–Crippen LogP) is 1.05. The van der Waals surface area contributed by atoms with Gasteiger partial charge in [-0.05, 0) is 44.2 Å². The van der Waals surface area contributed by atoms with E-state index in [1.165, 1.54) is 0 Å². The lowest BCUT2D eigenvalue weighted by Gasteiger charge is -2.31. The van der Waals surface area contributed by atoms with E-state index < -0.39 is 0 Å². The van der Waals surface area contributed by atoms with Crippen LogP contribution < -0.4 is 10.2 Å². The van der Waals surface area contributed by atoms with Gasteiger partial charge in [0.2, 0.25) is 0 Å². The number of rotatable bonds is 4. The van der Waals surface area contributed by atoms with Gasteiger partial charge in [-0.2, -0.15) is 0 Å². The second-order valence-corrected chi connectivity index (χ2v) is 4.72. The van der Waals surface area contributed by atoms with Gasteiger partial charge in [0.25, 0.3) is 0 Å². The van der Waals surface area contributed by atoms with Crippen molar-refractivity contribution in [3.63, 3.8) is 0 Å². The number of aliphatic hydroxyl groups is 1. The quantitative estimate of drug-likeness (QED) is 0.782. The first-order valence-corrected chi connectivity index (χ1v) is 6.41.